The standard InChI is InChI=1S/C22H25N3OS2/c1-2-11-25(15-18-6-5-14-27-18)21(26)16-24-12-9-17(10-13-24)22-23-19-7-3-4-8-20(19)28-22/h2-8,14,17H,1,9-13,15-16H2/p+1. The average molecular weight is 413 g/mol. The number of hydrogen-bond donors (Lipinski definition) is 1. The fourth-order valence-electron chi connectivity index (χ4n) is 3.84. The quantitative estimate of drug-likeness (QED) is 0.605. The third-order valence-electron chi connectivity index (χ3n) is 5.38. The smallest absolute Gasteiger partial charge is 0.278 e. The Hall–Kier alpha value is -2.02. The number of likely N-dealkylation sites (tertiary alicyclic amines) is 1. The van der Waals surface area contributed by atoms with E-state index >= 15 is 0 Å². The number of nitrogens with zero attached hydrogens (tertiary/aromatic N) is 2. The molecule has 3 aromatic rings. The number of piperidine rings is 1. The van der Waals surface area contributed by atoms with Gasteiger partial charge in [-0.1, -0.05) is 24.3 Å². The van der Waals surface area contributed by atoms with E-state index in [0.717, 1.165) is 31.4 Å². The molecule has 3 heterocycles. The van der Waals surface area contributed by atoms with Crippen LogP contribution in [0.15, 0.2) is 54.4 Å². The van der Waals surface area contributed by atoms with Gasteiger partial charge in [0, 0.05) is 30.2 Å². The van der Waals surface area contributed by atoms with Crippen LogP contribution in [0.4, 0.5) is 0 Å². The molecule has 1 fully saturated rings. The minimum atomic E-state index is 0.224. The molecule has 1 aliphatic rings. The van der Waals surface area contributed by atoms with Crippen molar-refractivity contribution < 1.29 is 9.69 Å². The topological polar surface area (TPSA) is 37.6 Å². The van der Waals surface area contributed by atoms with Crippen molar-refractivity contribution in [1.82, 2.24) is 9.88 Å². The molecule has 6 heteroatoms. The molecule has 0 bridgehead atoms. The van der Waals surface area contributed by atoms with E-state index in [-0.39, 0.29) is 5.91 Å². The van der Waals surface area contributed by atoms with E-state index in [9.17, 15) is 4.79 Å². The number of hydrogen-bond acceptors (Lipinski definition) is 4. The number of carbonyl (C=O) groups excluding carboxylic acids is 1. The van der Waals surface area contributed by atoms with Gasteiger partial charge in [-0.25, -0.2) is 4.98 Å². The van der Waals surface area contributed by atoms with Crippen LogP contribution in [-0.4, -0.2) is 42.0 Å². The molecule has 0 saturated carbocycles. The van der Waals surface area contributed by atoms with Gasteiger partial charge in [0.1, 0.15) is 0 Å². The molecule has 1 aliphatic heterocycles. The second-order valence-corrected chi connectivity index (χ2v) is 9.46. The number of thiophene rings is 1. The van der Waals surface area contributed by atoms with E-state index < -0.39 is 0 Å². The summed E-state index contributed by atoms with van der Waals surface area (Å²) >= 11 is 3.53. The predicted octanol–water partition coefficient (Wildman–Crippen LogP) is 3.33. The van der Waals surface area contributed by atoms with Crippen molar-refractivity contribution in [3.8, 4) is 0 Å². The summed E-state index contributed by atoms with van der Waals surface area (Å²) in [4.78, 5) is 22.2. The summed E-state index contributed by atoms with van der Waals surface area (Å²) in [5, 5.41) is 3.32. The number of para-hydroxylation sites is 1. The van der Waals surface area contributed by atoms with E-state index in [4.69, 9.17) is 4.98 Å². The summed E-state index contributed by atoms with van der Waals surface area (Å²) in [6.07, 6.45) is 4.03. The summed E-state index contributed by atoms with van der Waals surface area (Å²) in [5.41, 5.74) is 1.11. The maximum Gasteiger partial charge on any atom is 0.278 e. The highest BCUT2D eigenvalue weighted by Gasteiger charge is 2.28. The van der Waals surface area contributed by atoms with Gasteiger partial charge in [0.05, 0.1) is 34.9 Å². The first-order valence-electron chi connectivity index (χ1n) is 9.83. The largest absolute Gasteiger partial charge is 0.329 e. The summed E-state index contributed by atoms with van der Waals surface area (Å²) < 4.78 is 1.27. The molecular formula is C22H26N3OS2+. The van der Waals surface area contributed by atoms with Gasteiger partial charge in [0.25, 0.3) is 5.91 Å². The van der Waals surface area contributed by atoms with Crippen molar-refractivity contribution in [2.75, 3.05) is 26.2 Å². The fraction of sp³-hybridized carbons (Fsp3) is 0.364. The van der Waals surface area contributed by atoms with Gasteiger partial charge in [-0.2, -0.15) is 0 Å². The molecule has 0 aliphatic carbocycles. The second kappa shape index (κ2) is 8.99. The molecule has 1 N–H and O–H groups in total. The number of nitrogens with one attached hydrogen (secondary N) is 1. The lowest BCUT2D eigenvalue weighted by Crippen LogP contribution is -3.14. The van der Waals surface area contributed by atoms with Crippen LogP contribution in [0.1, 0.15) is 28.6 Å². The number of amides is 1. The van der Waals surface area contributed by atoms with Crippen molar-refractivity contribution in [3.63, 3.8) is 0 Å². The molecule has 4 rings (SSSR count). The number of rotatable bonds is 7. The maximum absolute atomic E-state index is 12.8. The number of thiazole rings is 1. The monoisotopic (exact) mass is 412 g/mol. The van der Waals surface area contributed by atoms with E-state index in [1.807, 2.05) is 28.4 Å². The summed E-state index contributed by atoms with van der Waals surface area (Å²) in [7, 11) is 0. The van der Waals surface area contributed by atoms with Gasteiger partial charge < -0.3 is 9.80 Å². The van der Waals surface area contributed by atoms with Gasteiger partial charge in [-0.3, -0.25) is 4.79 Å². The van der Waals surface area contributed by atoms with Crippen molar-refractivity contribution >= 4 is 38.8 Å². The molecule has 1 amide bonds. The molecule has 2 aromatic heterocycles. The number of benzene rings is 1. The molecule has 0 atom stereocenters. The molecule has 0 unspecified atom stereocenters. The van der Waals surface area contributed by atoms with Gasteiger partial charge in [0.2, 0.25) is 0 Å². The molecular weight excluding hydrogens is 386 g/mol. The molecule has 146 valence electrons. The van der Waals surface area contributed by atoms with Crippen LogP contribution < -0.4 is 4.90 Å². The Bertz CT molecular complexity index is 893. The molecule has 4 nitrogen and oxygen atoms in total. The predicted molar refractivity (Wildman–Crippen MR) is 117 cm³/mol. The van der Waals surface area contributed by atoms with Crippen molar-refractivity contribution in [3.05, 3.63) is 64.3 Å². The SMILES string of the molecule is C=CCN(Cc1cccs1)C(=O)C[NH+]1CCC(c2nc3ccccc3s2)CC1. The highest BCUT2D eigenvalue weighted by Crippen LogP contribution is 2.31. The van der Waals surface area contributed by atoms with Crippen molar-refractivity contribution in [2.45, 2.75) is 25.3 Å². The van der Waals surface area contributed by atoms with Crippen LogP contribution in [0, 0.1) is 0 Å². The highest BCUT2D eigenvalue weighted by molar-refractivity contribution is 7.18. The Morgan fingerprint density at radius 1 is 1.25 bits per heavy atom. The molecule has 28 heavy (non-hydrogen) atoms. The number of aromatic nitrogens is 1. The summed E-state index contributed by atoms with van der Waals surface area (Å²) in [6, 6.07) is 12.5. The number of fused-ring (bicyclic) bond motifs is 1. The van der Waals surface area contributed by atoms with Crippen LogP contribution >= 0.6 is 22.7 Å². The van der Waals surface area contributed by atoms with Gasteiger partial charge >= 0.3 is 0 Å². The van der Waals surface area contributed by atoms with Gasteiger partial charge in [-0.05, 0) is 23.6 Å². The lowest BCUT2D eigenvalue weighted by atomic mass is 9.97. The Morgan fingerprint density at radius 3 is 2.79 bits per heavy atom. The number of carbonyl (C=O) groups is 1. The van der Waals surface area contributed by atoms with Gasteiger partial charge in [-0.15, -0.1) is 29.3 Å². The lowest BCUT2D eigenvalue weighted by Gasteiger charge is -2.29. The van der Waals surface area contributed by atoms with E-state index in [1.165, 1.54) is 19.5 Å². The second-order valence-electron chi connectivity index (χ2n) is 7.36. The first-order chi connectivity index (χ1) is 13.7. The van der Waals surface area contributed by atoms with E-state index in [2.05, 4.69) is 42.3 Å². The van der Waals surface area contributed by atoms with Crippen LogP contribution in [0.3, 0.4) is 0 Å². The first kappa shape index (κ1) is 19.3. The maximum atomic E-state index is 12.8. The summed E-state index contributed by atoms with van der Waals surface area (Å²) in [5.74, 6) is 0.758. The fourth-order valence-corrected chi connectivity index (χ4v) is 5.70. The third kappa shape index (κ3) is 4.51. The lowest BCUT2D eigenvalue weighted by molar-refractivity contribution is -0.897. The zero-order chi connectivity index (χ0) is 19.3. The average Bonchev–Trinajstić information content (AvgIpc) is 3.37. The molecule has 1 aromatic carbocycles. The highest BCUT2D eigenvalue weighted by atomic mass is 32.1. The Balaban J connectivity index is 1.32. The molecule has 1 saturated heterocycles. The summed E-state index contributed by atoms with van der Waals surface area (Å²) in [6.45, 7) is 7.76. The Labute approximate surface area is 174 Å². The van der Waals surface area contributed by atoms with Crippen LogP contribution in [0.25, 0.3) is 10.2 Å². The van der Waals surface area contributed by atoms with Crippen LogP contribution in [0.2, 0.25) is 0 Å². The minimum Gasteiger partial charge on any atom is -0.329 e. The minimum absolute atomic E-state index is 0.224. The Morgan fingerprint density at radius 2 is 2.07 bits per heavy atom. The van der Waals surface area contributed by atoms with E-state index in [0.29, 0.717) is 25.6 Å². The van der Waals surface area contributed by atoms with Crippen molar-refractivity contribution in [2.24, 2.45) is 0 Å². The Kier molecular flexibility index (Phi) is 6.20. The zero-order valence-electron chi connectivity index (χ0n) is 16.0. The van der Waals surface area contributed by atoms with Crippen molar-refractivity contribution in [1.29, 1.82) is 0 Å². The normalized spacial score (nSPS) is 19.6. The number of quaternary nitrogens is 1. The molecule has 0 radical (unpaired) electrons. The van der Waals surface area contributed by atoms with Gasteiger partial charge in [0.15, 0.2) is 6.54 Å². The van der Waals surface area contributed by atoms with E-state index in [1.54, 1.807) is 11.3 Å². The molecule has 0 spiro atoms. The first-order valence-corrected chi connectivity index (χ1v) is 11.5. The zero-order valence-corrected chi connectivity index (χ0v) is 17.6. The van der Waals surface area contributed by atoms with Crippen LogP contribution in [-0.2, 0) is 11.3 Å². The third-order valence-corrected chi connectivity index (χ3v) is 7.44. The van der Waals surface area contributed by atoms with Crippen LogP contribution in [0.5, 0.6) is 0 Å².